The molecule has 0 radical (unpaired) electrons. The van der Waals surface area contributed by atoms with Crippen molar-refractivity contribution in [2.24, 2.45) is 35.0 Å². The fraction of sp³-hybridized carbons (Fsp3) is 0.667. The second-order valence-electron chi connectivity index (χ2n) is 13.2. The van der Waals surface area contributed by atoms with Gasteiger partial charge in [0, 0.05) is 36.5 Å². The quantitative estimate of drug-likeness (QED) is 0.504. The lowest BCUT2D eigenvalue weighted by molar-refractivity contribution is -0.117. The number of aliphatic hydroxyl groups is 1. The molecule has 1 aromatic carbocycles. The molecule has 0 amide bonds. The molecule has 190 valence electrons. The third-order valence-corrected chi connectivity index (χ3v) is 11.3. The molecule has 1 heterocycles. The van der Waals surface area contributed by atoms with E-state index >= 15 is 0 Å². The van der Waals surface area contributed by atoms with Gasteiger partial charge in [-0.1, -0.05) is 36.5 Å². The van der Waals surface area contributed by atoms with Crippen LogP contribution in [0, 0.1) is 46.8 Å². The molecule has 1 N–H and O–H groups in total. The zero-order chi connectivity index (χ0) is 24.5. The van der Waals surface area contributed by atoms with Crippen molar-refractivity contribution in [3.8, 4) is 11.8 Å². The normalized spacial score (nSPS) is 41.6. The predicted octanol–water partition coefficient (Wildman–Crippen LogP) is 6.27. The first-order valence-corrected chi connectivity index (χ1v) is 14.8. The minimum Gasteiger partial charge on any atom is -0.377 e. The number of rotatable bonds is 2. The van der Waals surface area contributed by atoms with Crippen molar-refractivity contribution in [1.29, 1.82) is 0 Å². The van der Waals surface area contributed by atoms with Crippen molar-refractivity contribution in [1.82, 2.24) is 0 Å². The number of allylic oxidation sites excluding steroid dienone is 1. The van der Waals surface area contributed by atoms with Crippen LogP contribution in [-0.4, -0.2) is 29.6 Å². The maximum absolute atomic E-state index is 12.3. The van der Waals surface area contributed by atoms with Crippen molar-refractivity contribution >= 4 is 11.5 Å². The molecule has 5 aliphatic carbocycles. The summed E-state index contributed by atoms with van der Waals surface area (Å²) in [6.07, 6.45) is 13.9. The Balaban J connectivity index is 1.28. The molecule has 0 unspecified atom stereocenters. The number of hydrogen-bond donors (Lipinski definition) is 1. The van der Waals surface area contributed by atoms with Gasteiger partial charge in [0.05, 0.1) is 0 Å². The van der Waals surface area contributed by atoms with Crippen LogP contribution in [0.2, 0.25) is 0 Å². The zero-order valence-corrected chi connectivity index (χ0v) is 21.8. The van der Waals surface area contributed by atoms with E-state index in [-0.39, 0.29) is 5.41 Å². The Bertz CT molecular complexity index is 1130. The van der Waals surface area contributed by atoms with Gasteiger partial charge in [-0.25, -0.2) is 0 Å². The van der Waals surface area contributed by atoms with Crippen molar-refractivity contribution < 1.29 is 9.90 Å². The van der Waals surface area contributed by atoms with Crippen LogP contribution in [0.4, 0.5) is 5.69 Å². The van der Waals surface area contributed by atoms with E-state index in [1.54, 1.807) is 0 Å². The summed E-state index contributed by atoms with van der Waals surface area (Å²) in [6.45, 7) is 4.72. The Morgan fingerprint density at radius 1 is 0.972 bits per heavy atom. The molecule has 0 aromatic heterocycles. The van der Waals surface area contributed by atoms with Crippen molar-refractivity contribution in [2.75, 3.05) is 18.0 Å². The summed E-state index contributed by atoms with van der Waals surface area (Å²) < 4.78 is 0. The summed E-state index contributed by atoms with van der Waals surface area (Å²) in [4.78, 5) is 14.8. The summed E-state index contributed by atoms with van der Waals surface area (Å²) in [5.41, 5.74) is 3.19. The molecule has 1 saturated heterocycles. The zero-order valence-electron chi connectivity index (χ0n) is 21.8. The molecule has 1 aliphatic heterocycles. The SMILES string of the molecule is C[C@]12C[C@H](c3ccc(N4CCCC4)cc3)[C@H]3[C@@H](CCC4=CC(=O)CC[C@@H]43)[C@@H]1CC[C@@]2(O)C#CC1CC1. The summed E-state index contributed by atoms with van der Waals surface area (Å²) in [5.74, 6) is 10.4. The van der Waals surface area contributed by atoms with Crippen LogP contribution in [0.25, 0.3) is 0 Å². The Morgan fingerprint density at radius 2 is 1.75 bits per heavy atom. The number of ketones is 1. The van der Waals surface area contributed by atoms with Crippen LogP contribution in [0.5, 0.6) is 0 Å². The molecule has 1 aromatic rings. The fourth-order valence-corrected chi connectivity index (χ4v) is 9.22. The molecule has 3 heteroatoms. The van der Waals surface area contributed by atoms with Gasteiger partial charge in [0.25, 0.3) is 0 Å². The number of fused-ring (bicyclic) bond motifs is 5. The maximum Gasteiger partial charge on any atom is 0.155 e. The van der Waals surface area contributed by atoms with Crippen LogP contribution < -0.4 is 4.90 Å². The highest BCUT2D eigenvalue weighted by atomic mass is 16.3. The average molecular weight is 484 g/mol. The minimum absolute atomic E-state index is 0.167. The first kappa shape index (κ1) is 23.1. The van der Waals surface area contributed by atoms with Crippen molar-refractivity contribution in [3.05, 3.63) is 41.5 Å². The number of carbonyl (C=O) groups excluding carboxylic acids is 1. The highest BCUT2D eigenvalue weighted by Gasteiger charge is 2.64. The van der Waals surface area contributed by atoms with Gasteiger partial charge in [-0.2, -0.15) is 0 Å². The highest BCUT2D eigenvalue weighted by Crippen LogP contribution is 2.68. The highest BCUT2D eigenvalue weighted by molar-refractivity contribution is 5.91. The van der Waals surface area contributed by atoms with Gasteiger partial charge in [-0.15, -0.1) is 0 Å². The van der Waals surface area contributed by atoms with E-state index in [2.05, 4.69) is 47.9 Å². The molecule has 3 nitrogen and oxygen atoms in total. The second-order valence-corrected chi connectivity index (χ2v) is 13.2. The van der Waals surface area contributed by atoms with Gasteiger partial charge >= 0.3 is 0 Å². The topological polar surface area (TPSA) is 40.5 Å². The first-order valence-electron chi connectivity index (χ1n) is 14.8. The maximum atomic E-state index is 12.3. The minimum atomic E-state index is -0.863. The number of hydrogen-bond acceptors (Lipinski definition) is 3. The fourth-order valence-electron chi connectivity index (χ4n) is 9.22. The standard InChI is InChI=1S/C33H41NO2/c1-32-21-29(23-6-9-25(10-7-23)34-18-2-3-19-34)31-27-13-11-26(35)20-24(27)8-12-28(31)30(32)15-17-33(32,36)16-14-22-4-5-22/h6-7,9-10,20,22,27-31,36H,2-5,8,11-13,15,17-19,21H2,1H3/t27-,28-,29+,30-,31+,32-,33-/m0/s1. The summed E-state index contributed by atoms with van der Waals surface area (Å²) in [6, 6.07) is 9.49. The third kappa shape index (κ3) is 3.62. The van der Waals surface area contributed by atoms with Gasteiger partial charge in [0.15, 0.2) is 5.78 Å². The lowest BCUT2D eigenvalue weighted by atomic mass is 9.46. The Morgan fingerprint density at radius 3 is 2.50 bits per heavy atom. The van der Waals surface area contributed by atoms with E-state index in [1.165, 1.54) is 55.6 Å². The molecule has 0 bridgehead atoms. The summed E-state index contributed by atoms with van der Waals surface area (Å²) >= 11 is 0. The van der Waals surface area contributed by atoms with Gasteiger partial charge in [0.2, 0.25) is 0 Å². The third-order valence-electron chi connectivity index (χ3n) is 11.3. The molecule has 5 fully saturated rings. The smallest absolute Gasteiger partial charge is 0.155 e. The lowest BCUT2D eigenvalue weighted by Crippen LogP contribution is -2.54. The molecule has 0 spiro atoms. The molecule has 4 saturated carbocycles. The Labute approximate surface area is 216 Å². The van der Waals surface area contributed by atoms with Gasteiger partial charge in [-0.05, 0) is 118 Å². The van der Waals surface area contributed by atoms with E-state index in [4.69, 9.17) is 0 Å². The summed E-state index contributed by atoms with van der Waals surface area (Å²) in [7, 11) is 0. The van der Waals surface area contributed by atoms with E-state index in [1.807, 2.05) is 6.08 Å². The first-order chi connectivity index (χ1) is 17.5. The lowest BCUT2D eigenvalue weighted by Gasteiger charge is -2.58. The molecular weight excluding hydrogens is 442 g/mol. The average Bonchev–Trinajstić information content (AvgIpc) is 3.48. The van der Waals surface area contributed by atoms with Crippen molar-refractivity contribution in [2.45, 2.75) is 89.1 Å². The molecule has 36 heavy (non-hydrogen) atoms. The van der Waals surface area contributed by atoms with Crippen molar-refractivity contribution in [3.63, 3.8) is 0 Å². The molecular formula is C33H41NO2. The van der Waals surface area contributed by atoms with E-state index in [9.17, 15) is 9.90 Å². The van der Waals surface area contributed by atoms with E-state index < -0.39 is 5.60 Å². The second kappa shape index (κ2) is 8.49. The van der Waals surface area contributed by atoms with Gasteiger partial charge in [0.1, 0.15) is 5.60 Å². The van der Waals surface area contributed by atoms with Crippen LogP contribution in [-0.2, 0) is 4.79 Å². The number of benzene rings is 1. The van der Waals surface area contributed by atoms with Crippen LogP contribution in [0.3, 0.4) is 0 Å². The number of carbonyl (C=O) groups is 1. The Kier molecular flexibility index (Phi) is 5.45. The van der Waals surface area contributed by atoms with Crippen LogP contribution in [0.1, 0.15) is 89.0 Å². The Hall–Kier alpha value is -2.05. The van der Waals surface area contributed by atoms with E-state index in [0.717, 1.165) is 38.5 Å². The predicted molar refractivity (Wildman–Crippen MR) is 144 cm³/mol. The van der Waals surface area contributed by atoms with E-state index in [0.29, 0.717) is 47.7 Å². The van der Waals surface area contributed by atoms with Crippen LogP contribution >= 0.6 is 0 Å². The van der Waals surface area contributed by atoms with Gasteiger partial charge in [-0.3, -0.25) is 4.79 Å². The van der Waals surface area contributed by atoms with Crippen LogP contribution in [0.15, 0.2) is 35.9 Å². The monoisotopic (exact) mass is 483 g/mol. The number of anilines is 1. The molecule has 7 atom stereocenters. The van der Waals surface area contributed by atoms with Gasteiger partial charge < -0.3 is 10.0 Å². The molecule has 7 rings (SSSR count). The summed E-state index contributed by atoms with van der Waals surface area (Å²) in [5, 5.41) is 12.1. The molecule has 6 aliphatic rings. The number of nitrogens with zero attached hydrogens (tertiary/aromatic N) is 1. The largest absolute Gasteiger partial charge is 0.377 e.